The Morgan fingerprint density at radius 3 is 2.45 bits per heavy atom. The first-order chi connectivity index (χ1) is 9.38. The summed E-state index contributed by atoms with van der Waals surface area (Å²) < 4.78 is 43.1. The number of halogens is 3. The summed E-state index contributed by atoms with van der Waals surface area (Å²) in [5, 5.41) is 9.13. The number of hydrogen-bond acceptors (Lipinski definition) is 5. The molecule has 0 bridgehead atoms. The van der Waals surface area contributed by atoms with Gasteiger partial charge in [0.2, 0.25) is 0 Å². The molecule has 2 aromatic heterocycles. The van der Waals surface area contributed by atoms with E-state index in [-0.39, 0.29) is 18.2 Å². The highest BCUT2D eigenvalue weighted by Crippen LogP contribution is 2.32. The number of aromatic nitrogens is 2. The number of anilines is 2. The average molecular weight is 286 g/mol. The molecule has 108 valence electrons. The minimum atomic E-state index is -4.42. The first-order valence-corrected chi connectivity index (χ1v) is 5.81. The van der Waals surface area contributed by atoms with E-state index in [2.05, 4.69) is 20.8 Å². The van der Waals surface area contributed by atoms with Crippen molar-refractivity contribution in [1.82, 2.24) is 10.1 Å². The predicted molar refractivity (Wildman–Crippen MR) is 67.4 cm³/mol. The Labute approximate surface area is 113 Å². The maximum absolute atomic E-state index is 12.7. The summed E-state index contributed by atoms with van der Waals surface area (Å²) in [6.07, 6.45) is -4.42. The van der Waals surface area contributed by atoms with E-state index >= 15 is 0 Å². The molecule has 0 aliphatic carbocycles. The van der Waals surface area contributed by atoms with Crippen LogP contribution in [0.5, 0.6) is 0 Å². The lowest BCUT2D eigenvalue weighted by Gasteiger charge is -2.11. The second-order valence-electron chi connectivity index (χ2n) is 4.16. The molecule has 20 heavy (non-hydrogen) atoms. The molecule has 5 nitrogen and oxygen atoms in total. The lowest BCUT2D eigenvalue weighted by Crippen LogP contribution is -2.10. The van der Waals surface area contributed by atoms with Crippen molar-refractivity contribution in [2.24, 2.45) is 0 Å². The lowest BCUT2D eigenvalue weighted by atomic mass is 10.2. The van der Waals surface area contributed by atoms with Crippen molar-refractivity contribution in [3.05, 3.63) is 35.2 Å². The molecule has 2 heterocycles. The van der Waals surface area contributed by atoms with Gasteiger partial charge in [0.1, 0.15) is 23.1 Å². The highest BCUT2D eigenvalue weighted by atomic mass is 19.4. The fourth-order valence-electron chi connectivity index (χ4n) is 1.60. The third-order valence-electron chi connectivity index (χ3n) is 2.54. The number of pyridine rings is 1. The van der Waals surface area contributed by atoms with Gasteiger partial charge in [-0.25, -0.2) is 4.98 Å². The van der Waals surface area contributed by atoms with Crippen LogP contribution in [0.1, 0.15) is 17.0 Å². The molecule has 2 aromatic rings. The Kier molecular flexibility index (Phi) is 3.82. The van der Waals surface area contributed by atoms with Crippen molar-refractivity contribution in [2.75, 3.05) is 17.7 Å². The molecule has 0 saturated heterocycles. The molecular weight excluding hydrogens is 273 g/mol. The topological polar surface area (TPSA) is 63.0 Å². The van der Waals surface area contributed by atoms with Gasteiger partial charge in [0.15, 0.2) is 0 Å². The molecule has 0 radical (unpaired) electrons. The van der Waals surface area contributed by atoms with E-state index < -0.39 is 11.7 Å². The van der Waals surface area contributed by atoms with Gasteiger partial charge >= 0.3 is 6.18 Å². The van der Waals surface area contributed by atoms with Crippen LogP contribution in [0.3, 0.4) is 0 Å². The molecule has 0 saturated carbocycles. The van der Waals surface area contributed by atoms with Gasteiger partial charge in [-0.3, -0.25) is 0 Å². The second-order valence-corrected chi connectivity index (χ2v) is 4.16. The Morgan fingerprint density at radius 1 is 1.20 bits per heavy atom. The van der Waals surface area contributed by atoms with Crippen molar-refractivity contribution in [3.8, 4) is 0 Å². The van der Waals surface area contributed by atoms with Crippen LogP contribution in [-0.4, -0.2) is 17.2 Å². The van der Waals surface area contributed by atoms with E-state index in [1.807, 2.05) is 0 Å². The number of nitrogens with one attached hydrogen (secondary N) is 2. The number of nitrogens with zero attached hydrogens (tertiary/aromatic N) is 2. The van der Waals surface area contributed by atoms with Crippen LogP contribution in [0.2, 0.25) is 0 Å². The zero-order chi connectivity index (χ0) is 14.8. The second kappa shape index (κ2) is 5.40. The van der Waals surface area contributed by atoms with Crippen molar-refractivity contribution < 1.29 is 17.7 Å². The lowest BCUT2D eigenvalue weighted by molar-refractivity contribution is -0.137. The van der Waals surface area contributed by atoms with Gasteiger partial charge in [0, 0.05) is 13.1 Å². The summed E-state index contributed by atoms with van der Waals surface area (Å²) in [6.45, 7) is 1.97. The van der Waals surface area contributed by atoms with Crippen LogP contribution in [-0.2, 0) is 12.7 Å². The van der Waals surface area contributed by atoms with Crippen molar-refractivity contribution in [1.29, 1.82) is 0 Å². The summed E-state index contributed by atoms with van der Waals surface area (Å²) in [7, 11) is 1.51. The van der Waals surface area contributed by atoms with E-state index in [0.717, 1.165) is 12.1 Å². The monoisotopic (exact) mass is 286 g/mol. The van der Waals surface area contributed by atoms with E-state index in [0.29, 0.717) is 11.5 Å². The van der Waals surface area contributed by atoms with Gasteiger partial charge in [0.25, 0.3) is 0 Å². The van der Waals surface area contributed by atoms with Crippen molar-refractivity contribution in [3.63, 3.8) is 0 Å². The molecule has 0 amide bonds. The number of aryl methyl sites for hydroxylation is 1. The standard InChI is InChI=1S/C12H13F3N4O/c1-7-3-9(19-20-7)6-17-11-5-8(12(13,14)15)4-10(16-2)18-11/h3-5H,6H2,1-2H3,(H2,16,17,18). The van der Waals surface area contributed by atoms with E-state index in [9.17, 15) is 13.2 Å². The highest BCUT2D eigenvalue weighted by molar-refractivity contribution is 5.49. The van der Waals surface area contributed by atoms with E-state index in [1.165, 1.54) is 7.05 Å². The average Bonchev–Trinajstić information content (AvgIpc) is 2.81. The van der Waals surface area contributed by atoms with Gasteiger partial charge in [-0.1, -0.05) is 5.16 Å². The van der Waals surface area contributed by atoms with Gasteiger partial charge in [0.05, 0.1) is 12.1 Å². The van der Waals surface area contributed by atoms with E-state index in [4.69, 9.17) is 4.52 Å². The van der Waals surface area contributed by atoms with Crippen LogP contribution < -0.4 is 10.6 Å². The molecule has 0 spiro atoms. The molecule has 8 heteroatoms. The minimum absolute atomic E-state index is 0.116. The normalized spacial score (nSPS) is 11.4. The van der Waals surface area contributed by atoms with Gasteiger partial charge in [-0.05, 0) is 19.1 Å². The molecule has 2 N–H and O–H groups in total. The summed E-state index contributed by atoms with van der Waals surface area (Å²) in [5.41, 5.74) is -0.177. The molecular formula is C12H13F3N4O. The summed E-state index contributed by atoms with van der Waals surface area (Å²) in [6, 6.07) is 3.60. The fraction of sp³-hybridized carbons (Fsp3) is 0.333. The van der Waals surface area contributed by atoms with Crippen molar-refractivity contribution >= 4 is 11.6 Å². The molecule has 0 aliphatic rings. The Balaban J connectivity index is 2.18. The van der Waals surface area contributed by atoms with Gasteiger partial charge in [-0.2, -0.15) is 13.2 Å². The maximum Gasteiger partial charge on any atom is 0.416 e. The smallest absolute Gasteiger partial charge is 0.373 e. The molecule has 0 fully saturated rings. The number of rotatable bonds is 4. The highest BCUT2D eigenvalue weighted by Gasteiger charge is 2.31. The fourth-order valence-corrected chi connectivity index (χ4v) is 1.60. The summed E-state index contributed by atoms with van der Waals surface area (Å²) in [5.74, 6) is 0.887. The molecule has 0 unspecified atom stereocenters. The SMILES string of the molecule is CNc1cc(C(F)(F)F)cc(NCc2cc(C)on2)n1. The Bertz CT molecular complexity index is 595. The summed E-state index contributed by atoms with van der Waals surface area (Å²) >= 11 is 0. The molecule has 0 atom stereocenters. The molecule has 0 aromatic carbocycles. The Hall–Kier alpha value is -2.25. The first-order valence-electron chi connectivity index (χ1n) is 5.81. The first kappa shape index (κ1) is 14.2. The van der Waals surface area contributed by atoms with Crippen LogP contribution in [0.15, 0.2) is 22.7 Å². The molecule has 0 aliphatic heterocycles. The number of alkyl halides is 3. The molecule has 2 rings (SSSR count). The maximum atomic E-state index is 12.7. The van der Waals surface area contributed by atoms with Crippen LogP contribution in [0, 0.1) is 6.92 Å². The third-order valence-corrected chi connectivity index (χ3v) is 2.54. The van der Waals surface area contributed by atoms with Crippen molar-refractivity contribution in [2.45, 2.75) is 19.6 Å². The van der Waals surface area contributed by atoms with Gasteiger partial charge < -0.3 is 15.2 Å². The number of hydrogen-bond donors (Lipinski definition) is 2. The van der Waals surface area contributed by atoms with Crippen LogP contribution >= 0.6 is 0 Å². The Morgan fingerprint density at radius 2 is 1.90 bits per heavy atom. The van der Waals surface area contributed by atoms with Crippen LogP contribution in [0.25, 0.3) is 0 Å². The van der Waals surface area contributed by atoms with E-state index in [1.54, 1.807) is 13.0 Å². The minimum Gasteiger partial charge on any atom is -0.373 e. The summed E-state index contributed by atoms with van der Waals surface area (Å²) in [4.78, 5) is 4.01. The quantitative estimate of drug-likeness (QED) is 0.904. The van der Waals surface area contributed by atoms with Crippen LogP contribution in [0.4, 0.5) is 24.8 Å². The zero-order valence-electron chi connectivity index (χ0n) is 10.9. The largest absolute Gasteiger partial charge is 0.416 e. The predicted octanol–water partition coefficient (Wildman–Crippen LogP) is 3.05. The zero-order valence-corrected chi connectivity index (χ0v) is 10.9. The third kappa shape index (κ3) is 3.40. The van der Waals surface area contributed by atoms with Gasteiger partial charge in [-0.15, -0.1) is 0 Å².